The highest BCUT2D eigenvalue weighted by Crippen LogP contribution is 2.29. The van der Waals surface area contributed by atoms with E-state index in [0.717, 1.165) is 43.3 Å². The van der Waals surface area contributed by atoms with Crippen molar-refractivity contribution in [2.24, 2.45) is 0 Å². The quantitative estimate of drug-likeness (QED) is 0.321. The number of nitrogens with one attached hydrogen (secondary N) is 2. The SMILES string of the molecule is Cc1nccc2c1[nH]c1cc(OCCNC(=O)/C=C/c3cccc(Br)c3)ccc12. The lowest BCUT2D eigenvalue weighted by Gasteiger charge is -2.07. The zero-order valence-electron chi connectivity index (χ0n) is 15.9. The van der Waals surface area contributed by atoms with Gasteiger partial charge in [-0.3, -0.25) is 9.78 Å². The maximum Gasteiger partial charge on any atom is 0.244 e. The van der Waals surface area contributed by atoms with Crippen molar-refractivity contribution >= 4 is 49.7 Å². The predicted octanol–water partition coefficient (Wildman–Crippen LogP) is 5.00. The van der Waals surface area contributed by atoms with Crippen LogP contribution in [0.25, 0.3) is 27.9 Å². The molecule has 5 nitrogen and oxygen atoms in total. The third kappa shape index (κ3) is 4.49. The van der Waals surface area contributed by atoms with Crippen LogP contribution in [0.2, 0.25) is 0 Å². The normalized spacial score (nSPS) is 11.4. The molecule has 0 aliphatic carbocycles. The summed E-state index contributed by atoms with van der Waals surface area (Å²) >= 11 is 3.41. The molecule has 0 spiro atoms. The van der Waals surface area contributed by atoms with Crippen LogP contribution in [0.4, 0.5) is 0 Å². The van der Waals surface area contributed by atoms with Gasteiger partial charge in [-0.2, -0.15) is 0 Å². The second-order valence-corrected chi connectivity index (χ2v) is 7.59. The van der Waals surface area contributed by atoms with Gasteiger partial charge in [0.05, 0.1) is 23.3 Å². The first-order valence-electron chi connectivity index (χ1n) is 9.31. The van der Waals surface area contributed by atoms with Gasteiger partial charge in [0.2, 0.25) is 5.91 Å². The minimum atomic E-state index is -0.150. The van der Waals surface area contributed by atoms with Crippen LogP contribution in [-0.2, 0) is 4.79 Å². The number of aromatic amines is 1. The van der Waals surface area contributed by atoms with Gasteiger partial charge in [-0.25, -0.2) is 0 Å². The van der Waals surface area contributed by atoms with Gasteiger partial charge in [0.15, 0.2) is 0 Å². The fourth-order valence-corrected chi connectivity index (χ4v) is 3.64. The molecule has 1 amide bonds. The zero-order chi connectivity index (χ0) is 20.2. The van der Waals surface area contributed by atoms with Crippen LogP contribution < -0.4 is 10.1 Å². The standard InChI is InChI=1S/C23H20BrN3O2/c1-15-23-20(9-10-25-15)19-7-6-18(14-21(19)27-23)29-12-11-26-22(28)8-5-16-3-2-4-17(24)13-16/h2-10,13-14,27H,11-12H2,1H3,(H,26,28)/b8-5+. The topological polar surface area (TPSA) is 67.0 Å². The first kappa shape index (κ1) is 19.2. The van der Waals surface area contributed by atoms with Crippen molar-refractivity contribution in [3.63, 3.8) is 0 Å². The van der Waals surface area contributed by atoms with Crippen LogP contribution in [0.15, 0.2) is 65.3 Å². The van der Waals surface area contributed by atoms with Gasteiger partial charge in [-0.1, -0.05) is 28.1 Å². The minimum Gasteiger partial charge on any atom is -0.492 e. The minimum absolute atomic E-state index is 0.150. The van der Waals surface area contributed by atoms with E-state index in [-0.39, 0.29) is 5.91 Å². The first-order chi connectivity index (χ1) is 14.1. The van der Waals surface area contributed by atoms with Crippen LogP contribution in [0, 0.1) is 6.92 Å². The lowest BCUT2D eigenvalue weighted by molar-refractivity contribution is -0.116. The molecule has 2 aromatic heterocycles. The number of amides is 1. The molecule has 0 saturated carbocycles. The number of benzene rings is 2. The van der Waals surface area contributed by atoms with Crippen LogP contribution in [0.5, 0.6) is 5.75 Å². The Bertz CT molecular complexity index is 1210. The summed E-state index contributed by atoms with van der Waals surface area (Å²) in [7, 11) is 0. The molecule has 4 aromatic rings. The molecular weight excluding hydrogens is 430 g/mol. The van der Waals surface area contributed by atoms with Gasteiger partial charge < -0.3 is 15.0 Å². The monoisotopic (exact) mass is 449 g/mol. The van der Waals surface area contributed by atoms with Gasteiger partial charge in [0.1, 0.15) is 12.4 Å². The summed E-state index contributed by atoms with van der Waals surface area (Å²) in [6, 6.07) is 15.7. The zero-order valence-corrected chi connectivity index (χ0v) is 17.5. The Balaban J connectivity index is 1.32. The van der Waals surface area contributed by atoms with Crippen molar-refractivity contribution in [2.75, 3.05) is 13.2 Å². The van der Waals surface area contributed by atoms with E-state index in [1.54, 1.807) is 6.08 Å². The Hall–Kier alpha value is -3.12. The fraction of sp³-hybridized carbons (Fsp3) is 0.130. The average Bonchev–Trinajstić information content (AvgIpc) is 3.09. The summed E-state index contributed by atoms with van der Waals surface area (Å²) in [6.45, 7) is 2.81. The molecule has 0 fully saturated rings. The van der Waals surface area contributed by atoms with E-state index in [1.165, 1.54) is 6.08 Å². The largest absolute Gasteiger partial charge is 0.492 e. The lowest BCUT2D eigenvalue weighted by atomic mass is 10.1. The Morgan fingerprint density at radius 3 is 2.97 bits per heavy atom. The van der Waals surface area contributed by atoms with E-state index < -0.39 is 0 Å². The molecule has 2 aromatic carbocycles. The van der Waals surface area contributed by atoms with Gasteiger partial charge >= 0.3 is 0 Å². The predicted molar refractivity (Wildman–Crippen MR) is 120 cm³/mol. The summed E-state index contributed by atoms with van der Waals surface area (Å²) in [4.78, 5) is 19.7. The Morgan fingerprint density at radius 1 is 1.21 bits per heavy atom. The molecule has 0 aliphatic rings. The Kier molecular flexibility index (Phi) is 5.62. The number of halogens is 1. The third-order valence-electron chi connectivity index (χ3n) is 4.63. The van der Waals surface area contributed by atoms with Gasteiger partial charge in [0, 0.05) is 33.6 Å². The van der Waals surface area contributed by atoms with Crippen molar-refractivity contribution in [1.82, 2.24) is 15.3 Å². The second kappa shape index (κ2) is 8.49. The molecule has 29 heavy (non-hydrogen) atoms. The molecule has 0 atom stereocenters. The van der Waals surface area contributed by atoms with E-state index >= 15 is 0 Å². The molecule has 0 unspecified atom stereocenters. The van der Waals surface area contributed by atoms with Crippen molar-refractivity contribution in [2.45, 2.75) is 6.92 Å². The molecule has 2 heterocycles. The summed E-state index contributed by atoms with van der Waals surface area (Å²) < 4.78 is 6.77. The fourth-order valence-electron chi connectivity index (χ4n) is 3.22. The summed E-state index contributed by atoms with van der Waals surface area (Å²) in [6.07, 6.45) is 5.12. The summed E-state index contributed by atoms with van der Waals surface area (Å²) in [5, 5.41) is 5.12. The van der Waals surface area contributed by atoms with Crippen LogP contribution in [0.3, 0.4) is 0 Å². The van der Waals surface area contributed by atoms with E-state index in [1.807, 2.05) is 61.7 Å². The number of aromatic nitrogens is 2. The Labute approximate surface area is 176 Å². The highest BCUT2D eigenvalue weighted by Gasteiger charge is 2.07. The van der Waals surface area contributed by atoms with Gasteiger partial charge in [0.25, 0.3) is 0 Å². The number of ether oxygens (including phenoxy) is 1. The molecule has 6 heteroatoms. The number of nitrogens with zero attached hydrogens (tertiary/aromatic N) is 1. The Morgan fingerprint density at radius 2 is 2.10 bits per heavy atom. The molecular formula is C23H20BrN3O2. The molecule has 146 valence electrons. The van der Waals surface area contributed by atoms with Crippen LogP contribution in [0.1, 0.15) is 11.3 Å². The molecule has 0 aliphatic heterocycles. The molecule has 0 radical (unpaired) electrons. The number of hydrogen-bond acceptors (Lipinski definition) is 3. The number of hydrogen-bond donors (Lipinski definition) is 2. The average molecular weight is 450 g/mol. The molecule has 0 bridgehead atoms. The number of pyridine rings is 1. The molecule has 2 N–H and O–H groups in total. The van der Waals surface area contributed by atoms with E-state index in [2.05, 4.69) is 31.2 Å². The van der Waals surface area contributed by atoms with Gasteiger partial charge in [-0.05, 0) is 48.9 Å². The number of carbonyl (C=O) groups excluding carboxylic acids is 1. The number of fused-ring (bicyclic) bond motifs is 3. The van der Waals surface area contributed by atoms with Crippen LogP contribution in [-0.4, -0.2) is 29.0 Å². The molecule has 0 saturated heterocycles. The van der Waals surface area contributed by atoms with E-state index in [0.29, 0.717) is 13.2 Å². The first-order valence-corrected chi connectivity index (χ1v) is 10.1. The van der Waals surface area contributed by atoms with Crippen LogP contribution >= 0.6 is 15.9 Å². The number of rotatable bonds is 6. The second-order valence-electron chi connectivity index (χ2n) is 6.68. The lowest BCUT2D eigenvalue weighted by Crippen LogP contribution is -2.26. The van der Waals surface area contributed by atoms with E-state index in [9.17, 15) is 4.79 Å². The highest BCUT2D eigenvalue weighted by atomic mass is 79.9. The number of aryl methyl sites for hydroxylation is 1. The summed E-state index contributed by atoms with van der Waals surface area (Å²) in [5.74, 6) is 0.608. The van der Waals surface area contributed by atoms with Crippen molar-refractivity contribution in [3.8, 4) is 5.75 Å². The maximum absolute atomic E-state index is 11.9. The maximum atomic E-state index is 11.9. The third-order valence-corrected chi connectivity index (χ3v) is 5.12. The number of carbonyl (C=O) groups is 1. The smallest absolute Gasteiger partial charge is 0.244 e. The highest BCUT2D eigenvalue weighted by molar-refractivity contribution is 9.10. The summed E-state index contributed by atoms with van der Waals surface area (Å²) in [5.41, 5.74) is 3.99. The number of H-pyrrole nitrogens is 1. The van der Waals surface area contributed by atoms with Crippen molar-refractivity contribution < 1.29 is 9.53 Å². The molecule has 4 rings (SSSR count). The van der Waals surface area contributed by atoms with Crippen molar-refractivity contribution in [3.05, 3.63) is 76.5 Å². The van der Waals surface area contributed by atoms with Crippen molar-refractivity contribution in [1.29, 1.82) is 0 Å². The van der Waals surface area contributed by atoms with Gasteiger partial charge in [-0.15, -0.1) is 0 Å². The van der Waals surface area contributed by atoms with E-state index in [4.69, 9.17) is 4.74 Å².